The van der Waals surface area contributed by atoms with Crippen LogP contribution in [0.15, 0.2) is 23.4 Å². The molecular formula is C14H11ClFN5O3. The SMILES string of the molecule is CCOC(=O)c1cn(-c2ncnn2C)c2nc(Cl)c(F)cc2c1=O. The van der Waals surface area contributed by atoms with Gasteiger partial charge in [0.2, 0.25) is 11.4 Å². The summed E-state index contributed by atoms with van der Waals surface area (Å²) in [5.41, 5.74) is -0.920. The van der Waals surface area contributed by atoms with E-state index in [1.165, 1.54) is 21.8 Å². The Morgan fingerprint density at radius 3 is 2.83 bits per heavy atom. The molecule has 0 aliphatic rings. The van der Waals surface area contributed by atoms with Crippen LogP contribution in [0.2, 0.25) is 5.15 Å². The Balaban J connectivity index is 2.43. The predicted molar refractivity (Wildman–Crippen MR) is 82.8 cm³/mol. The minimum Gasteiger partial charge on any atom is -0.462 e. The number of carbonyl (C=O) groups is 1. The smallest absolute Gasteiger partial charge is 0.343 e. The van der Waals surface area contributed by atoms with Crippen molar-refractivity contribution >= 4 is 28.6 Å². The molecule has 0 spiro atoms. The zero-order valence-corrected chi connectivity index (χ0v) is 13.4. The van der Waals surface area contributed by atoms with Gasteiger partial charge in [-0.2, -0.15) is 10.1 Å². The fraction of sp³-hybridized carbons (Fsp3) is 0.214. The van der Waals surface area contributed by atoms with Crippen LogP contribution in [0.25, 0.3) is 17.0 Å². The summed E-state index contributed by atoms with van der Waals surface area (Å²) in [6.07, 6.45) is 2.52. The Labute approximate surface area is 139 Å². The Bertz CT molecular complexity index is 1010. The predicted octanol–water partition coefficient (Wildman–Crippen LogP) is 1.48. The Morgan fingerprint density at radius 2 is 2.21 bits per heavy atom. The molecule has 0 radical (unpaired) electrons. The van der Waals surface area contributed by atoms with E-state index in [4.69, 9.17) is 16.3 Å². The third-order valence-electron chi connectivity index (χ3n) is 3.29. The summed E-state index contributed by atoms with van der Waals surface area (Å²) in [4.78, 5) is 32.5. The van der Waals surface area contributed by atoms with Gasteiger partial charge in [0.15, 0.2) is 16.6 Å². The topological polar surface area (TPSA) is 91.9 Å². The number of aryl methyl sites for hydroxylation is 1. The van der Waals surface area contributed by atoms with E-state index >= 15 is 0 Å². The molecule has 3 rings (SSSR count). The van der Waals surface area contributed by atoms with Gasteiger partial charge in [-0.05, 0) is 13.0 Å². The number of carbonyl (C=O) groups excluding carboxylic acids is 1. The van der Waals surface area contributed by atoms with Gasteiger partial charge in [-0.15, -0.1) is 0 Å². The highest BCUT2D eigenvalue weighted by Gasteiger charge is 2.21. The summed E-state index contributed by atoms with van der Waals surface area (Å²) in [5.74, 6) is -1.43. The Morgan fingerprint density at radius 1 is 1.46 bits per heavy atom. The van der Waals surface area contributed by atoms with Crippen molar-refractivity contribution in [3.8, 4) is 5.95 Å². The third kappa shape index (κ3) is 2.52. The lowest BCUT2D eigenvalue weighted by atomic mass is 10.2. The first kappa shape index (κ1) is 16.1. The molecule has 0 atom stereocenters. The van der Waals surface area contributed by atoms with Gasteiger partial charge < -0.3 is 4.74 Å². The first-order valence-electron chi connectivity index (χ1n) is 6.87. The molecule has 3 aromatic rings. The van der Waals surface area contributed by atoms with Crippen LogP contribution in [0.5, 0.6) is 0 Å². The van der Waals surface area contributed by atoms with Gasteiger partial charge in [0.1, 0.15) is 11.9 Å². The van der Waals surface area contributed by atoms with E-state index in [-0.39, 0.29) is 29.2 Å². The summed E-state index contributed by atoms with van der Waals surface area (Å²) in [5, 5.41) is 3.41. The van der Waals surface area contributed by atoms with E-state index < -0.39 is 22.4 Å². The highest BCUT2D eigenvalue weighted by molar-refractivity contribution is 6.29. The molecule has 3 aromatic heterocycles. The van der Waals surface area contributed by atoms with Gasteiger partial charge >= 0.3 is 5.97 Å². The van der Waals surface area contributed by atoms with Crippen LogP contribution in [-0.2, 0) is 11.8 Å². The molecule has 0 aliphatic heterocycles. The van der Waals surface area contributed by atoms with Gasteiger partial charge in [0.05, 0.1) is 12.0 Å². The molecule has 0 saturated carbocycles. The maximum Gasteiger partial charge on any atom is 0.343 e. The van der Waals surface area contributed by atoms with Crippen LogP contribution in [0.1, 0.15) is 17.3 Å². The quantitative estimate of drug-likeness (QED) is 0.524. The maximum absolute atomic E-state index is 13.8. The van der Waals surface area contributed by atoms with Crippen LogP contribution in [0, 0.1) is 5.82 Å². The van der Waals surface area contributed by atoms with Crippen LogP contribution in [0.3, 0.4) is 0 Å². The lowest BCUT2D eigenvalue weighted by Crippen LogP contribution is -2.22. The molecule has 0 unspecified atom stereocenters. The second kappa shape index (κ2) is 6.00. The van der Waals surface area contributed by atoms with Crippen molar-refractivity contribution in [2.45, 2.75) is 6.92 Å². The van der Waals surface area contributed by atoms with Gasteiger partial charge in [0, 0.05) is 13.2 Å². The van der Waals surface area contributed by atoms with Crippen LogP contribution in [0.4, 0.5) is 4.39 Å². The minimum absolute atomic E-state index is 0.0514. The van der Waals surface area contributed by atoms with Crippen LogP contribution in [-0.4, -0.2) is 36.9 Å². The summed E-state index contributed by atoms with van der Waals surface area (Å²) >= 11 is 5.73. The van der Waals surface area contributed by atoms with Crippen molar-refractivity contribution in [1.29, 1.82) is 0 Å². The minimum atomic E-state index is -0.869. The maximum atomic E-state index is 13.8. The zero-order valence-electron chi connectivity index (χ0n) is 12.7. The number of esters is 1. The highest BCUT2D eigenvalue weighted by Crippen LogP contribution is 2.20. The van der Waals surface area contributed by atoms with Crippen molar-refractivity contribution in [3.63, 3.8) is 0 Å². The van der Waals surface area contributed by atoms with Crippen LogP contribution < -0.4 is 5.43 Å². The molecule has 124 valence electrons. The Hall–Kier alpha value is -2.81. The number of pyridine rings is 2. The fourth-order valence-electron chi connectivity index (χ4n) is 2.22. The van der Waals surface area contributed by atoms with E-state index in [1.807, 2.05) is 0 Å². The molecule has 8 nitrogen and oxygen atoms in total. The molecule has 0 aliphatic carbocycles. The summed E-state index contributed by atoms with van der Waals surface area (Å²) in [6.45, 7) is 1.70. The average molecular weight is 352 g/mol. The van der Waals surface area contributed by atoms with E-state index in [1.54, 1.807) is 14.0 Å². The standard InChI is InChI=1S/C14H11ClFN5O3/c1-3-24-13(23)8-5-21(14-17-6-18-20(14)2)12-7(10(8)22)4-9(16)11(15)19-12/h4-6H,3H2,1-2H3. The van der Waals surface area contributed by atoms with Crippen molar-refractivity contribution in [3.05, 3.63) is 45.3 Å². The van der Waals surface area contributed by atoms with Crippen molar-refractivity contribution in [2.24, 2.45) is 7.05 Å². The summed E-state index contributed by atoms with van der Waals surface area (Å²) in [6, 6.07) is 0.933. The fourth-order valence-corrected chi connectivity index (χ4v) is 2.35. The molecule has 0 amide bonds. The molecule has 0 aromatic carbocycles. The molecule has 0 saturated heterocycles. The van der Waals surface area contributed by atoms with E-state index in [9.17, 15) is 14.0 Å². The summed E-state index contributed by atoms with van der Waals surface area (Å²) in [7, 11) is 1.61. The molecular weight excluding hydrogens is 341 g/mol. The molecule has 10 heteroatoms. The molecule has 0 fully saturated rings. The number of fused-ring (bicyclic) bond motifs is 1. The van der Waals surface area contributed by atoms with Gasteiger partial charge in [-0.1, -0.05) is 11.6 Å². The number of halogens is 2. The lowest BCUT2D eigenvalue weighted by molar-refractivity contribution is 0.0524. The normalized spacial score (nSPS) is 11.0. The van der Waals surface area contributed by atoms with Gasteiger partial charge in [0.25, 0.3) is 0 Å². The van der Waals surface area contributed by atoms with Crippen molar-refractivity contribution in [2.75, 3.05) is 6.61 Å². The van der Waals surface area contributed by atoms with Gasteiger partial charge in [-0.25, -0.2) is 18.9 Å². The third-order valence-corrected chi connectivity index (χ3v) is 3.55. The molecule has 24 heavy (non-hydrogen) atoms. The number of aromatic nitrogens is 5. The van der Waals surface area contributed by atoms with Crippen molar-refractivity contribution < 1.29 is 13.9 Å². The van der Waals surface area contributed by atoms with E-state index in [0.717, 1.165) is 6.07 Å². The van der Waals surface area contributed by atoms with Gasteiger partial charge in [-0.3, -0.25) is 9.36 Å². The first-order chi connectivity index (χ1) is 11.4. The van der Waals surface area contributed by atoms with E-state index in [2.05, 4.69) is 15.1 Å². The van der Waals surface area contributed by atoms with E-state index in [0.29, 0.717) is 0 Å². The second-order valence-electron chi connectivity index (χ2n) is 4.78. The second-order valence-corrected chi connectivity index (χ2v) is 5.14. The number of rotatable bonds is 3. The highest BCUT2D eigenvalue weighted by atomic mass is 35.5. The molecule has 3 heterocycles. The molecule has 0 bridgehead atoms. The zero-order chi connectivity index (χ0) is 17.4. The first-order valence-corrected chi connectivity index (χ1v) is 7.24. The number of hydrogen-bond acceptors (Lipinski definition) is 6. The van der Waals surface area contributed by atoms with Crippen molar-refractivity contribution in [1.82, 2.24) is 24.3 Å². The summed E-state index contributed by atoms with van der Waals surface area (Å²) < 4.78 is 21.4. The number of ether oxygens (including phenoxy) is 1. The number of hydrogen-bond donors (Lipinski definition) is 0. The molecule has 0 N–H and O–H groups in total. The lowest BCUT2D eigenvalue weighted by Gasteiger charge is -2.11. The Kier molecular flexibility index (Phi) is 4.02. The average Bonchev–Trinajstić information content (AvgIpc) is 2.96. The number of nitrogens with zero attached hydrogens (tertiary/aromatic N) is 5. The van der Waals surface area contributed by atoms with Crippen LogP contribution >= 0.6 is 11.6 Å². The monoisotopic (exact) mass is 351 g/mol. The largest absolute Gasteiger partial charge is 0.462 e.